The smallest absolute Gasteiger partial charge is 0.193 e. The summed E-state index contributed by atoms with van der Waals surface area (Å²) >= 11 is 1.70. The molecule has 0 atom stereocenters. The van der Waals surface area contributed by atoms with E-state index in [-0.39, 0.29) is 5.82 Å². The van der Waals surface area contributed by atoms with Crippen molar-refractivity contribution in [1.82, 2.24) is 10.2 Å². The maximum Gasteiger partial charge on any atom is 0.193 e. The Bertz CT molecular complexity index is 518. The molecular formula is C19H30FN3OS. The van der Waals surface area contributed by atoms with E-state index in [0.717, 1.165) is 55.4 Å². The third kappa shape index (κ3) is 7.65. The summed E-state index contributed by atoms with van der Waals surface area (Å²) in [6, 6.07) is 6.63. The van der Waals surface area contributed by atoms with Crippen LogP contribution in [0.4, 0.5) is 4.39 Å². The molecule has 1 aromatic rings. The van der Waals surface area contributed by atoms with Gasteiger partial charge in [0, 0.05) is 44.0 Å². The molecule has 0 bridgehead atoms. The van der Waals surface area contributed by atoms with Crippen LogP contribution in [0.2, 0.25) is 0 Å². The Balaban J connectivity index is 1.74. The molecule has 0 spiro atoms. The van der Waals surface area contributed by atoms with Gasteiger partial charge < -0.3 is 15.0 Å². The topological polar surface area (TPSA) is 36.9 Å². The van der Waals surface area contributed by atoms with Crippen molar-refractivity contribution in [3.63, 3.8) is 0 Å². The van der Waals surface area contributed by atoms with Crippen LogP contribution < -0.4 is 5.32 Å². The molecule has 6 heteroatoms. The molecule has 0 saturated carbocycles. The molecule has 2 rings (SSSR count). The van der Waals surface area contributed by atoms with Crippen LogP contribution in [0.3, 0.4) is 0 Å². The average Bonchev–Trinajstić information content (AvgIpc) is 2.64. The first kappa shape index (κ1) is 20.0. The average molecular weight is 368 g/mol. The van der Waals surface area contributed by atoms with Gasteiger partial charge >= 0.3 is 0 Å². The molecular weight excluding hydrogens is 337 g/mol. The minimum Gasteiger partial charge on any atom is -0.381 e. The molecule has 1 heterocycles. The molecule has 0 amide bonds. The predicted octanol–water partition coefficient (Wildman–Crippen LogP) is 3.63. The molecule has 25 heavy (non-hydrogen) atoms. The summed E-state index contributed by atoms with van der Waals surface area (Å²) in [5.41, 5.74) is 0. The van der Waals surface area contributed by atoms with E-state index in [9.17, 15) is 4.39 Å². The lowest BCUT2D eigenvalue weighted by molar-refractivity contribution is 0.0625. The van der Waals surface area contributed by atoms with Crippen molar-refractivity contribution in [2.24, 2.45) is 10.9 Å². The van der Waals surface area contributed by atoms with Crippen LogP contribution in [0.1, 0.15) is 26.2 Å². The van der Waals surface area contributed by atoms with E-state index in [1.165, 1.54) is 31.4 Å². The van der Waals surface area contributed by atoms with Crippen LogP contribution in [-0.2, 0) is 4.74 Å². The highest BCUT2D eigenvalue weighted by Crippen LogP contribution is 2.19. The van der Waals surface area contributed by atoms with E-state index in [0.29, 0.717) is 0 Å². The van der Waals surface area contributed by atoms with Gasteiger partial charge in [-0.1, -0.05) is 0 Å². The van der Waals surface area contributed by atoms with Crippen LogP contribution in [0.25, 0.3) is 0 Å². The third-order valence-corrected chi connectivity index (χ3v) is 5.34. The van der Waals surface area contributed by atoms with E-state index >= 15 is 0 Å². The van der Waals surface area contributed by atoms with E-state index in [2.05, 4.69) is 24.2 Å². The van der Waals surface area contributed by atoms with Crippen LogP contribution in [0.5, 0.6) is 0 Å². The van der Waals surface area contributed by atoms with Crippen LogP contribution >= 0.6 is 11.8 Å². The largest absolute Gasteiger partial charge is 0.381 e. The Kier molecular flexibility index (Phi) is 9.11. The van der Waals surface area contributed by atoms with Gasteiger partial charge in [-0.25, -0.2) is 4.39 Å². The second-order valence-electron chi connectivity index (χ2n) is 6.30. The molecule has 0 aliphatic carbocycles. The zero-order chi connectivity index (χ0) is 17.9. The number of thioether (sulfide) groups is 1. The Morgan fingerprint density at radius 3 is 2.72 bits per heavy atom. The Morgan fingerprint density at radius 1 is 1.32 bits per heavy atom. The number of hydrogen-bond acceptors (Lipinski definition) is 3. The SMILES string of the molecule is CCNC(=NCCSc1ccc(F)cc1)N(C)CCC1CCOCC1. The number of hydrogen-bond donors (Lipinski definition) is 1. The molecule has 4 nitrogen and oxygen atoms in total. The number of halogens is 1. The molecule has 1 saturated heterocycles. The Morgan fingerprint density at radius 2 is 2.04 bits per heavy atom. The molecule has 1 aromatic carbocycles. The third-order valence-electron chi connectivity index (χ3n) is 4.35. The minimum atomic E-state index is -0.192. The van der Waals surface area contributed by atoms with Gasteiger partial charge in [0.05, 0.1) is 6.54 Å². The van der Waals surface area contributed by atoms with Crippen molar-refractivity contribution in [2.45, 2.75) is 31.1 Å². The normalized spacial score (nSPS) is 16.0. The fourth-order valence-corrected chi connectivity index (χ4v) is 3.58. The lowest BCUT2D eigenvalue weighted by Gasteiger charge is -2.26. The number of ether oxygens (including phenoxy) is 1. The van der Waals surface area contributed by atoms with Crippen LogP contribution in [0.15, 0.2) is 34.2 Å². The number of nitrogens with zero attached hydrogens (tertiary/aromatic N) is 2. The summed E-state index contributed by atoms with van der Waals surface area (Å²) < 4.78 is 18.3. The van der Waals surface area contributed by atoms with Gasteiger partial charge in [-0.05, 0) is 56.4 Å². The van der Waals surface area contributed by atoms with E-state index in [1.807, 2.05) is 12.1 Å². The zero-order valence-electron chi connectivity index (χ0n) is 15.3. The van der Waals surface area contributed by atoms with E-state index in [4.69, 9.17) is 9.73 Å². The van der Waals surface area contributed by atoms with Gasteiger partial charge in [0.25, 0.3) is 0 Å². The summed E-state index contributed by atoms with van der Waals surface area (Å²) in [7, 11) is 2.11. The van der Waals surface area contributed by atoms with Crippen molar-refractivity contribution >= 4 is 17.7 Å². The van der Waals surface area contributed by atoms with Gasteiger partial charge in [0.15, 0.2) is 5.96 Å². The number of benzene rings is 1. The highest BCUT2D eigenvalue weighted by atomic mass is 32.2. The summed E-state index contributed by atoms with van der Waals surface area (Å²) in [6.07, 6.45) is 3.54. The predicted molar refractivity (Wildman–Crippen MR) is 104 cm³/mol. The number of rotatable bonds is 8. The van der Waals surface area contributed by atoms with Crippen molar-refractivity contribution in [3.05, 3.63) is 30.1 Å². The maximum atomic E-state index is 12.9. The molecule has 0 unspecified atom stereocenters. The fourth-order valence-electron chi connectivity index (χ4n) is 2.83. The first-order valence-electron chi connectivity index (χ1n) is 9.14. The summed E-state index contributed by atoms with van der Waals surface area (Å²) in [5.74, 6) is 2.43. The monoisotopic (exact) mass is 367 g/mol. The standard InChI is InChI=1S/C19H30FN3OS/c1-3-21-19(23(2)12-8-16-9-13-24-14-10-16)22-11-15-25-18-6-4-17(20)5-7-18/h4-7,16H,3,8-15H2,1-2H3,(H,21,22). The molecule has 140 valence electrons. The van der Waals surface area contributed by atoms with Gasteiger partial charge in [-0.3, -0.25) is 4.99 Å². The molecule has 1 aliphatic rings. The number of nitrogens with one attached hydrogen (secondary N) is 1. The van der Waals surface area contributed by atoms with Crippen molar-refractivity contribution in [1.29, 1.82) is 0 Å². The highest BCUT2D eigenvalue weighted by Gasteiger charge is 2.15. The molecule has 1 aliphatic heterocycles. The summed E-state index contributed by atoms with van der Waals surface area (Å²) in [4.78, 5) is 8.02. The van der Waals surface area contributed by atoms with Gasteiger partial charge in [0.2, 0.25) is 0 Å². The summed E-state index contributed by atoms with van der Waals surface area (Å²) in [6.45, 7) is 6.53. The lowest BCUT2D eigenvalue weighted by Crippen LogP contribution is -2.40. The fraction of sp³-hybridized carbons (Fsp3) is 0.632. The van der Waals surface area contributed by atoms with Crippen molar-refractivity contribution < 1.29 is 9.13 Å². The zero-order valence-corrected chi connectivity index (χ0v) is 16.2. The van der Waals surface area contributed by atoms with Crippen LogP contribution in [0, 0.1) is 11.7 Å². The second-order valence-corrected chi connectivity index (χ2v) is 7.47. The molecule has 0 aromatic heterocycles. The molecule has 1 fully saturated rings. The molecule has 1 N–H and O–H groups in total. The first-order chi connectivity index (χ1) is 12.2. The quantitative estimate of drug-likeness (QED) is 0.329. The maximum absolute atomic E-state index is 12.9. The first-order valence-corrected chi connectivity index (χ1v) is 10.1. The van der Waals surface area contributed by atoms with E-state index < -0.39 is 0 Å². The van der Waals surface area contributed by atoms with Gasteiger partial charge in [-0.2, -0.15) is 0 Å². The van der Waals surface area contributed by atoms with Gasteiger partial charge in [0.1, 0.15) is 5.82 Å². The Hall–Kier alpha value is -1.27. The van der Waals surface area contributed by atoms with Crippen LogP contribution in [-0.4, -0.2) is 56.5 Å². The summed E-state index contributed by atoms with van der Waals surface area (Å²) in [5, 5.41) is 3.37. The lowest BCUT2D eigenvalue weighted by atomic mass is 9.96. The van der Waals surface area contributed by atoms with E-state index in [1.54, 1.807) is 11.8 Å². The second kappa shape index (κ2) is 11.4. The minimum absolute atomic E-state index is 0.192. The van der Waals surface area contributed by atoms with Gasteiger partial charge in [-0.15, -0.1) is 11.8 Å². The van der Waals surface area contributed by atoms with Crippen molar-refractivity contribution in [2.75, 3.05) is 45.6 Å². The van der Waals surface area contributed by atoms with Crippen molar-refractivity contribution in [3.8, 4) is 0 Å². The molecule has 0 radical (unpaired) electrons. The Labute approximate surface area is 155 Å². The number of guanidine groups is 1. The highest BCUT2D eigenvalue weighted by molar-refractivity contribution is 7.99. The number of aliphatic imine (C=N–C) groups is 1.